The minimum absolute atomic E-state index is 0.216. The highest BCUT2D eigenvalue weighted by molar-refractivity contribution is 7.87. The molecule has 0 aliphatic heterocycles. The molecular weight excluding hydrogens is 254 g/mol. The van der Waals surface area contributed by atoms with Crippen molar-refractivity contribution in [3.05, 3.63) is 17.8 Å². The average molecular weight is 262 g/mol. The van der Waals surface area contributed by atoms with Gasteiger partial charge in [-0.2, -0.15) is 0 Å². The summed E-state index contributed by atoms with van der Waals surface area (Å²) in [5.74, 6) is -0.668. The van der Waals surface area contributed by atoms with Crippen molar-refractivity contribution in [3.63, 3.8) is 0 Å². The van der Waals surface area contributed by atoms with Crippen LogP contribution in [0, 0.1) is 6.92 Å². The minimum atomic E-state index is -2.58. The molecule has 0 amide bonds. The molecule has 0 aliphatic rings. The third kappa shape index (κ3) is 2.41. The Bertz CT molecular complexity index is 541. The maximum Gasteiger partial charge on any atom is 0.250 e. The number of aromatic nitrogens is 2. The fraction of sp³-hybridized carbons (Fsp3) is 0.333. The van der Waals surface area contributed by atoms with Crippen molar-refractivity contribution in [2.75, 3.05) is 5.75 Å². The van der Waals surface area contributed by atoms with Crippen LogP contribution in [0.4, 0.5) is 8.78 Å². The molecule has 0 aromatic carbocycles. The number of pyridine rings is 1. The maximum atomic E-state index is 12.1. The van der Waals surface area contributed by atoms with Crippen LogP contribution in [0.15, 0.2) is 16.6 Å². The molecule has 16 heavy (non-hydrogen) atoms. The molecule has 0 fully saturated rings. The van der Waals surface area contributed by atoms with Crippen molar-refractivity contribution >= 4 is 32.5 Å². The van der Waals surface area contributed by atoms with Crippen LogP contribution in [0.5, 0.6) is 0 Å². The number of thiazole rings is 1. The van der Waals surface area contributed by atoms with Gasteiger partial charge in [0.2, 0.25) is 0 Å². The van der Waals surface area contributed by atoms with Gasteiger partial charge in [0.15, 0.2) is 9.99 Å². The maximum absolute atomic E-state index is 12.1. The van der Waals surface area contributed by atoms with Crippen LogP contribution in [0.25, 0.3) is 10.3 Å². The van der Waals surface area contributed by atoms with Gasteiger partial charge < -0.3 is 0 Å². The number of aryl methyl sites for hydroxylation is 1. The molecule has 0 aliphatic carbocycles. The predicted molar refractivity (Wildman–Crippen MR) is 59.4 cm³/mol. The fourth-order valence-corrected chi connectivity index (χ4v) is 3.34. The molecule has 0 spiro atoms. The molecule has 2 heterocycles. The lowest BCUT2D eigenvalue weighted by Gasteiger charge is -1.94. The second-order valence-corrected chi connectivity index (χ2v) is 5.92. The highest BCUT2D eigenvalue weighted by atomic mass is 32.2. The summed E-state index contributed by atoms with van der Waals surface area (Å²) in [5.41, 5.74) is 1.43. The van der Waals surface area contributed by atoms with Gasteiger partial charge in [0.05, 0.1) is 21.3 Å². The van der Waals surface area contributed by atoms with E-state index in [2.05, 4.69) is 9.97 Å². The molecule has 0 saturated heterocycles. The summed E-state index contributed by atoms with van der Waals surface area (Å²) in [6.45, 7) is 1.88. The van der Waals surface area contributed by atoms with Gasteiger partial charge in [-0.25, -0.2) is 18.7 Å². The number of hydrogen-bond acceptors (Lipinski definition) is 4. The largest absolute Gasteiger partial charge is 0.252 e. The van der Waals surface area contributed by atoms with Crippen LogP contribution in [-0.4, -0.2) is 26.4 Å². The lowest BCUT2D eigenvalue weighted by Crippen LogP contribution is -2.06. The number of hydrogen-bond donors (Lipinski definition) is 0. The Kier molecular flexibility index (Phi) is 3.25. The summed E-state index contributed by atoms with van der Waals surface area (Å²) in [5, 5.41) is 0. The van der Waals surface area contributed by atoms with Gasteiger partial charge in [0, 0.05) is 6.20 Å². The van der Waals surface area contributed by atoms with Crippen LogP contribution in [0.1, 0.15) is 5.56 Å². The van der Waals surface area contributed by atoms with Gasteiger partial charge in [0.25, 0.3) is 6.43 Å². The molecule has 3 nitrogen and oxygen atoms in total. The van der Waals surface area contributed by atoms with Crippen LogP contribution in [0.2, 0.25) is 0 Å². The molecule has 2 aromatic heterocycles. The van der Waals surface area contributed by atoms with E-state index in [0.717, 1.165) is 21.6 Å². The molecular formula is C9H8F2N2OS2. The van der Waals surface area contributed by atoms with Gasteiger partial charge >= 0.3 is 0 Å². The Morgan fingerprint density at radius 3 is 3.00 bits per heavy atom. The summed E-state index contributed by atoms with van der Waals surface area (Å²) in [7, 11) is -1.74. The number of nitrogens with zero attached hydrogens (tertiary/aromatic N) is 2. The molecule has 2 rings (SSSR count). The Morgan fingerprint density at radius 2 is 2.31 bits per heavy atom. The van der Waals surface area contributed by atoms with E-state index < -0.39 is 23.0 Å². The van der Waals surface area contributed by atoms with E-state index >= 15 is 0 Å². The van der Waals surface area contributed by atoms with Crippen molar-refractivity contribution < 1.29 is 13.0 Å². The van der Waals surface area contributed by atoms with Crippen LogP contribution >= 0.6 is 11.3 Å². The summed E-state index contributed by atoms with van der Waals surface area (Å²) in [6.07, 6.45) is -0.940. The topological polar surface area (TPSA) is 42.9 Å². The van der Waals surface area contributed by atoms with E-state index in [0.29, 0.717) is 5.65 Å². The fourth-order valence-electron chi connectivity index (χ4n) is 1.18. The van der Waals surface area contributed by atoms with E-state index in [1.807, 2.05) is 13.0 Å². The van der Waals surface area contributed by atoms with E-state index in [9.17, 15) is 13.0 Å². The molecule has 86 valence electrons. The van der Waals surface area contributed by atoms with Crippen LogP contribution < -0.4 is 0 Å². The molecule has 0 saturated carbocycles. The summed E-state index contributed by atoms with van der Waals surface area (Å²) >= 11 is 1.15. The van der Waals surface area contributed by atoms with Crippen LogP contribution in [-0.2, 0) is 10.8 Å². The smallest absolute Gasteiger partial charge is 0.250 e. The molecule has 2 aromatic rings. The first-order chi connectivity index (χ1) is 7.56. The minimum Gasteiger partial charge on any atom is -0.252 e. The quantitative estimate of drug-likeness (QED) is 0.853. The first kappa shape index (κ1) is 11.5. The van der Waals surface area contributed by atoms with E-state index in [4.69, 9.17) is 0 Å². The lowest BCUT2D eigenvalue weighted by molar-refractivity contribution is 0.175. The molecule has 1 atom stereocenters. The highest BCUT2D eigenvalue weighted by Gasteiger charge is 2.16. The van der Waals surface area contributed by atoms with E-state index in [1.165, 1.54) is 0 Å². The van der Waals surface area contributed by atoms with Gasteiger partial charge in [-0.3, -0.25) is 4.21 Å². The third-order valence-corrected chi connectivity index (χ3v) is 4.47. The number of halogens is 2. The average Bonchev–Trinajstić information content (AvgIpc) is 2.59. The molecule has 0 unspecified atom stereocenters. The highest BCUT2D eigenvalue weighted by Crippen LogP contribution is 2.24. The van der Waals surface area contributed by atoms with E-state index in [-0.39, 0.29) is 4.34 Å². The molecule has 0 N–H and O–H groups in total. The standard InChI is InChI=1S/C9H8F2N2OS2/c1-5-2-6-8(12-3-5)13-9(15-6)16(14)4-7(10)11/h2-3,7H,4H2,1H3/t16-/m0/s1. The Labute approximate surface area is 97.0 Å². The molecule has 0 bridgehead atoms. The van der Waals surface area contributed by atoms with Crippen molar-refractivity contribution in [1.82, 2.24) is 9.97 Å². The van der Waals surface area contributed by atoms with Crippen molar-refractivity contribution in [1.29, 1.82) is 0 Å². The first-order valence-electron chi connectivity index (χ1n) is 4.46. The van der Waals surface area contributed by atoms with Gasteiger partial charge in [0.1, 0.15) is 0 Å². The van der Waals surface area contributed by atoms with Gasteiger partial charge in [-0.1, -0.05) is 0 Å². The van der Waals surface area contributed by atoms with Crippen LogP contribution in [0.3, 0.4) is 0 Å². The zero-order valence-corrected chi connectivity index (χ0v) is 9.95. The Morgan fingerprint density at radius 1 is 1.56 bits per heavy atom. The zero-order valence-electron chi connectivity index (χ0n) is 8.31. The van der Waals surface area contributed by atoms with Crippen molar-refractivity contribution in [2.24, 2.45) is 0 Å². The molecule has 0 radical (unpaired) electrons. The first-order valence-corrected chi connectivity index (χ1v) is 6.59. The Hall–Kier alpha value is -0.950. The summed E-state index contributed by atoms with van der Waals surface area (Å²) < 4.78 is 36.6. The predicted octanol–water partition coefficient (Wildman–Crippen LogP) is 2.37. The van der Waals surface area contributed by atoms with Gasteiger partial charge in [-0.15, -0.1) is 11.3 Å². The number of alkyl halides is 2. The van der Waals surface area contributed by atoms with Crippen molar-refractivity contribution in [2.45, 2.75) is 17.7 Å². The SMILES string of the molecule is Cc1cnc2nc([S@@](=O)CC(F)F)sc2c1. The Balaban J connectivity index is 2.36. The van der Waals surface area contributed by atoms with E-state index in [1.54, 1.807) is 6.20 Å². The second-order valence-electron chi connectivity index (χ2n) is 3.22. The summed E-state index contributed by atoms with van der Waals surface area (Å²) in [6, 6.07) is 1.85. The second kappa shape index (κ2) is 4.50. The monoisotopic (exact) mass is 262 g/mol. The summed E-state index contributed by atoms with van der Waals surface area (Å²) in [4.78, 5) is 8.02. The molecule has 7 heteroatoms. The number of rotatable bonds is 3. The van der Waals surface area contributed by atoms with Crippen molar-refractivity contribution in [3.8, 4) is 0 Å². The third-order valence-electron chi connectivity index (χ3n) is 1.84. The lowest BCUT2D eigenvalue weighted by atomic mass is 10.3. The number of fused-ring (bicyclic) bond motifs is 1. The zero-order chi connectivity index (χ0) is 11.7. The normalized spacial score (nSPS) is 13.5. The van der Waals surface area contributed by atoms with Gasteiger partial charge in [-0.05, 0) is 18.6 Å².